The lowest BCUT2D eigenvalue weighted by molar-refractivity contribution is 0.626. The van der Waals surface area contributed by atoms with Crippen LogP contribution in [-0.2, 0) is 6.42 Å². The van der Waals surface area contributed by atoms with Crippen molar-refractivity contribution in [1.82, 2.24) is 0 Å². The van der Waals surface area contributed by atoms with Gasteiger partial charge in [-0.15, -0.1) is 0 Å². The van der Waals surface area contributed by atoms with Gasteiger partial charge >= 0.3 is 0 Å². The summed E-state index contributed by atoms with van der Waals surface area (Å²) in [4.78, 5) is 0. The van der Waals surface area contributed by atoms with E-state index in [0.29, 0.717) is 5.56 Å². The molecule has 2 rings (SSSR count). The quantitative estimate of drug-likeness (QED) is 0.908. The average molecular weight is 268 g/mol. The molecule has 2 aromatic carbocycles. The monoisotopic (exact) mass is 268 g/mol. The lowest BCUT2D eigenvalue weighted by atomic mass is 10.1. The van der Waals surface area contributed by atoms with Gasteiger partial charge in [-0.1, -0.05) is 18.2 Å². The Morgan fingerprint density at radius 1 is 1.20 bits per heavy atom. The van der Waals surface area contributed by atoms with Gasteiger partial charge in [0.1, 0.15) is 5.82 Å². The van der Waals surface area contributed by atoms with Crippen molar-refractivity contribution in [1.29, 1.82) is 5.26 Å². The molecule has 0 amide bonds. The summed E-state index contributed by atoms with van der Waals surface area (Å²) in [6, 6.07) is 14.5. The maximum absolute atomic E-state index is 12.9. The fourth-order valence-corrected chi connectivity index (χ4v) is 2.14. The van der Waals surface area contributed by atoms with Crippen LogP contribution in [0.15, 0.2) is 42.5 Å². The second kappa shape index (κ2) is 6.21. The molecular weight excluding hydrogens is 251 g/mol. The van der Waals surface area contributed by atoms with Crippen LogP contribution < -0.4 is 5.32 Å². The zero-order chi connectivity index (χ0) is 14.5. The fourth-order valence-electron chi connectivity index (χ4n) is 2.14. The second-order valence-corrected chi connectivity index (χ2v) is 5.02. The molecule has 0 aliphatic heterocycles. The van der Waals surface area contributed by atoms with Crippen LogP contribution in [0.25, 0.3) is 0 Å². The third kappa shape index (κ3) is 3.58. The number of halogens is 1. The number of rotatable bonds is 4. The van der Waals surface area contributed by atoms with Crippen LogP contribution in [0.4, 0.5) is 10.1 Å². The topological polar surface area (TPSA) is 35.8 Å². The molecule has 1 N–H and O–H groups in total. The van der Waals surface area contributed by atoms with E-state index >= 15 is 0 Å². The predicted octanol–water partition coefficient (Wildman–Crippen LogP) is 4.05. The van der Waals surface area contributed by atoms with Gasteiger partial charge in [0.2, 0.25) is 0 Å². The first-order chi connectivity index (χ1) is 9.58. The highest BCUT2D eigenvalue weighted by atomic mass is 19.1. The molecule has 1 atom stereocenters. The largest absolute Gasteiger partial charge is 0.382 e. The van der Waals surface area contributed by atoms with Gasteiger partial charge in [-0.2, -0.15) is 5.26 Å². The average Bonchev–Trinajstić information content (AvgIpc) is 2.44. The van der Waals surface area contributed by atoms with E-state index in [1.54, 1.807) is 12.1 Å². The molecule has 2 nitrogen and oxygen atoms in total. The van der Waals surface area contributed by atoms with Gasteiger partial charge in [-0.05, 0) is 55.7 Å². The number of anilines is 1. The molecule has 3 heteroatoms. The van der Waals surface area contributed by atoms with E-state index in [1.807, 2.05) is 25.1 Å². The molecule has 1 unspecified atom stereocenters. The van der Waals surface area contributed by atoms with E-state index in [9.17, 15) is 4.39 Å². The van der Waals surface area contributed by atoms with Crippen molar-refractivity contribution in [2.24, 2.45) is 0 Å². The maximum Gasteiger partial charge on any atom is 0.123 e. The molecule has 0 aromatic heterocycles. The molecule has 0 radical (unpaired) electrons. The van der Waals surface area contributed by atoms with Gasteiger partial charge in [-0.25, -0.2) is 4.39 Å². The Labute approximate surface area is 118 Å². The van der Waals surface area contributed by atoms with Crippen molar-refractivity contribution in [3.8, 4) is 6.07 Å². The molecule has 0 heterocycles. The predicted molar refractivity (Wildman–Crippen MR) is 79.1 cm³/mol. The Morgan fingerprint density at radius 2 is 1.90 bits per heavy atom. The summed E-state index contributed by atoms with van der Waals surface area (Å²) in [6.07, 6.45) is 0.802. The number of benzene rings is 2. The van der Waals surface area contributed by atoms with Gasteiger partial charge < -0.3 is 5.32 Å². The zero-order valence-electron chi connectivity index (χ0n) is 11.7. The molecule has 20 heavy (non-hydrogen) atoms. The number of nitriles is 1. The van der Waals surface area contributed by atoms with E-state index < -0.39 is 0 Å². The number of hydrogen-bond donors (Lipinski definition) is 1. The Hall–Kier alpha value is -2.34. The zero-order valence-corrected chi connectivity index (χ0v) is 11.7. The molecule has 0 fully saturated rings. The summed E-state index contributed by atoms with van der Waals surface area (Å²) in [5.74, 6) is -0.216. The molecule has 0 saturated carbocycles. The van der Waals surface area contributed by atoms with Gasteiger partial charge in [-0.3, -0.25) is 0 Å². The lowest BCUT2D eigenvalue weighted by Gasteiger charge is -2.17. The Bertz CT molecular complexity index is 626. The highest BCUT2D eigenvalue weighted by molar-refractivity contribution is 5.55. The van der Waals surface area contributed by atoms with Crippen LogP contribution >= 0.6 is 0 Å². The smallest absolute Gasteiger partial charge is 0.123 e. The molecule has 0 spiro atoms. The van der Waals surface area contributed by atoms with Crippen LogP contribution in [-0.4, -0.2) is 6.04 Å². The summed E-state index contributed by atoms with van der Waals surface area (Å²) in [5, 5.41) is 12.3. The lowest BCUT2D eigenvalue weighted by Crippen LogP contribution is -2.18. The third-order valence-corrected chi connectivity index (χ3v) is 3.22. The maximum atomic E-state index is 12.9. The highest BCUT2D eigenvalue weighted by Crippen LogP contribution is 2.18. The fraction of sp³-hybridized carbons (Fsp3) is 0.235. The van der Waals surface area contributed by atoms with Crippen LogP contribution in [0.3, 0.4) is 0 Å². The Balaban J connectivity index is 2.06. The third-order valence-electron chi connectivity index (χ3n) is 3.22. The Kier molecular flexibility index (Phi) is 4.37. The summed E-state index contributed by atoms with van der Waals surface area (Å²) < 4.78 is 12.9. The minimum atomic E-state index is -0.216. The molecule has 2 aromatic rings. The van der Waals surface area contributed by atoms with E-state index in [2.05, 4.69) is 18.3 Å². The second-order valence-electron chi connectivity index (χ2n) is 5.02. The number of aryl methyl sites for hydroxylation is 1. The van der Waals surface area contributed by atoms with Crippen molar-refractivity contribution in [3.63, 3.8) is 0 Å². The normalized spacial score (nSPS) is 11.7. The van der Waals surface area contributed by atoms with Crippen molar-refractivity contribution in [3.05, 3.63) is 65.0 Å². The minimum Gasteiger partial charge on any atom is -0.382 e. The molecular formula is C17H17FN2. The van der Waals surface area contributed by atoms with Crippen molar-refractivity contribution >= 4 is 5.69 Å². The van der Waals surface area contributed by atoms with Crippen LogP contribution in [0.2, 0.25) is 0 Å². The SMILES string of the molecule is Cc1ccc(C#N)cc1NC(C)Cc1ccc(F)cc1. The first-order valence-electron chi connectivity index (χ1n) is 6.60. The Morgan fingerprint density at radius 3 is 2.55 bits per heavy atom. The van der Waals surface area contributed by atoms with E-state index in [1.165, 1.54) is 12.1 Å². The van der Waals surface area contributed by atoms with Crippen LogP contribution in [0, 0.1) is 24.1 Å². The van der Waals surface area contributed by atoms with E-state index in [4.69, 9.17) is 5.26 Å². The van der Waals surface area contributed by atoms with Crippen LogP contribution in [0.1, 0.15) is 23.6 Å². The van der Waals surface area contributed by atoms with Gasteiger partial charge in [0.25, 0.3) is 0 Å². The van der Waals surface area contributed by atoms with E-state index in [-0.39, 0.29) is 11.9 Å². The standard InChI is InChI=1S/C17H17FN2/c1-12-3-4-15(11-19)10-17(12)20-13(2)9-14-5-7-16(18)8-6-14/h3-8,10,13,20H,9H2,1-2H3. The van der Waals surface area contributed by atoms with Gasteiger partial charge in [0.15, 0.2) is 0 Å². The summed E-state index contributed by atoms with van der Waals surface area (Å²) in [6.45, 7) is 4.08. The molecule has 0 bridgehead atoms. The molecule has 102 valence electrons. The van der Waals surface area contributed by atoms with E-state index in [0.717, 1.165) is 23.2 Å². The van der Waals surface area contributed by atoms with Crippen molar-refractivity contribution < 1.29 is 4.39 Å². The van der Waals surface area contributed by atoms with Crippen molar-refractivity contribution in [2.45, 2.75) is 26.3 Å². The summed E-state index contributed by atoms with van der Waals surface area (Å²) in [7, 11) is 0. The molecule has 0 aliphatic carbocycles. The molecule has 0 saturated heterocycles. The number of nitrogens with zero attached hydrogens (tertiary/aromatic N) is 1. The minimum absolute atomic E-state index is 0.202. The highest BCUT2D eigenvalue weighted by Gasteiger charge is 2.06. The number of nitrogens with one attached hydrogen (secondary N) is 1. The molecule has 0 aliphatic rings. The first-order valence-corrected chi connectivity index (χ1v) is 6.60. The first kappa shape index (κ1) is 14.1. The van der Waals surface area contributed by atoms with Gasteiger partial charge in [0.05, 0.1) is 11.6 Å². The van der Waals surface area contributed by atoms with Crippen molar-refractivity contribution in [2.75, 3.05) is 5.32 Å². The van der Waals surface area contributed by atoms with Crippen LogP contribution in [0.5, 0.6) is 0 Å². The van der Waals surface area contributed by atoms with Gasteiger partial charge in [0, 0.05) is 11.7 Å². The summed E-state index contributed by atoms with van der Waals surface area (Å²) in [5.41, 5.74) is 3.81. The number of hydrogen-bond acceptors (Lipinski definition) is 2. The summed E-state index contributed by atoms with van der Waals surface area (Å²) >= 11 is 0.